The fourth-order valence-corrected chi connectivity index (χ4v) is 4.09. The summed E-state index contributed by atoms with van der Waals surface area (Å²) in [6.45, 7) is 4.18. The van der Waals surface area contributed by atoms with Gasteiger partial charge in [-0.05, 0) is 24.6 Å². The van der Waals surface area contributed by atoms with Gasteiger partial charge in [0.25, 0.3) is 0 Å². The van der Waals surface area contributed by atoms with Crippen molar-refractivity contribution in [1.29, 1.82) is 0 Å². The number of nitrogens with one attached hydrogen (secondary N) is 2. The maximum Gasteiger partial charge on any atom is 0.338 e. The highest BCUT2D eigenvalue weighted by Gasteiger charge is 2.34. The topological polar surface area (TPSA) is 70.7 Å². The van der Waals surface area contributed by atoms with Crippen LogP contribution in [0.2, 0.25) is 0 Å². The van der Waals surface area contributed by atoms with Gasteiger partial charge >= 0.3 is 12.0 Å². The first-order valence-corrected chi connectivity index (χ1v) is 9.77. The van der Waals surface area contributed by atoms with Gasteiger partial charge in [0.2, 0.25) is 0 Å². The third-order valence-corrected chi connectivity index (χ3v) is 5.26. The van der Waals surface area contributed by atoms with Gasteiger partial charge in [-0.25, -0.2) is 14.0 Å². The highest BCUT2D eigenvalue weighted by Crippen LogP contribution is 2.29. The first-order valence-electron chi connectivity index (χ1n) is 8.61. The number of urea groups is 1. The molecule has 1 aromatic carbocycles. The fourth-order valence-electron chi connectivity index (χ4n) is 3.11. The maximum atomic E-state index is 13.7. The Morgan fingerprint density at radius 3 is 2.85 bits per heavy atom. The highest BCUT2D eigenvalue weighted by molar-refractivity contribution is 7.99. The predicted molar refractivity (Wildman–Crippen MR) is 98.2 cm³/mol. The van der Waals surface area contributed by atoms with Crippen LogP contribution in [-0.2, 0) is 9.53 Å². The first kappa shape index (κ1) is 18.7. The van der Waals surface area contributed by atoms with Crippen LogP contribution >= 0.6 is 11.8 Å². The molecule has 6 nitrogen and oxygen atoms in total. The third-order valence-electron chi connectivity index (χ3n) is 4.32. The minimum atomic E-state index is -0.743. The summed E-state index contributed by atoms with van der Waals surface area (Å²) in [5.74, 6) is 1.10. The van der Waals surface area contributed by atoms with Gasteiger partial charge in [0.1, 0.15) is 5.82 Å². The normalized spacial score (nSPS) is 21.2. The van der Waals surface area contributed by atoms with E-state index in [0.717, 1.165) is 24.6 Å². The van der Waals surface area contributed by atoms with Crippen LogP contribution in [-0.4, -0.2) is 54.6 Å². The number of benzene rings is 1. The molecule has 0 saturated carbocycles. The van der Waals surface area contributed by atoms with E-state index in [0.29, 0.717) is 23.4 Å². The van der Waals surface area contributed by atoms with E-state index in [1.54, 1.807) is 19.1 Å². The molecular formula is C18H22FN3O3S. The molecule has 0 spiro atoms. The van der Waals surface area contributed by atoms with Crippen molar-refractivity contribution in [3.63, 3.8) is 0 Å². The molecular weight excluding hydrogens is 357 g/mol. The Labute approximate surface area is 156 Å². The minimum Gasteiger partial charge on any atom is -0.463 e. The summed E-state index contributed by atoms with van der Waals surface area (Å²) < 4.78 is 18.9. The van der Waals surface area contributed by atoms with Gasteiger partial charge in [0.15, 0.2) is 0 Å². The summed E-state index contributed by atoms with van der Waals surface area (Å²) in [5, 5.41) is 5.47. The van der Waals surface area contributed by atoms with Gasteiger partial charge in [0, 0.05) is 36.8 Å². The molecule has 2 aliphatic rings. The predicted octanol–water partition coefficient (Wildman–Crippen LogP) is 2.05. The van der Waals surface area contributed by atoms with Crippen molar-refractivity contribution < 1.29 is 18.7 Å². The molecule has 1 aromatic rings. The summed E-state index contributed by atoms with van der Waals surface area (Å²) in [6.07, 6.45) is 0. The van der Waals surface area contributed by atoms with Crippen molar-refractivity contribution in [1.82, 2.24) is 15.5 Å². The average molecular weight is 379 g/mol. The zero-order valence-electron chi connectivity index (χ0n) is 14.6. The Kier molecular flexibility index (Phi) is 6.16. The van der Waals surface area contributed by atoms with E-state index in [-0.39, 0.29) is 6.61 Å². The Morgan fingerprint density at radius 2 is 2.15 bits per heavy atom. The SMILES string of the molecule is CCOC(=O)C1=C(CN2CCSCC2)NC(=O)N[C@@H]1c1cccc(F)c1. The summed E-state index contributed by atoms with van der Waals surface area (Å²) in [5.41, 5.74) is 1.36. The number of hydrogen-bond donors (Lipinski definition) is 2. The number of esters is 1. The third kappa shape index (κ3) is 4.37. The van der Waals surface area contributed by atoms with E-state index in [1.165, 1.54) is 12.1 Å². The number of rotatable bonds is 5. The Morgan fingerprint density at radius 1 is 1.38 bits per heavy atom. The van der Waals surface area contributed by atoms with E-state index >= 15 is 0 Å². The molecule has 3 rings (SSSR count). The van der Waals surface area contributed by atoms with E-state index in [1.807, 2.05) is 11.8 Å². The molecule has 2 aliphatic heterocycles. The van der Waals surface area contributed by atoms with Gasteiger partial charge in [-0.15, -0.1) is 0 Å². The molecule has 0 aliphatic carbocycles. The number of ether oxygens (including phenoxy) is 1. The Balaban J connectivity index is 1.98. The van der Waals surface area contributed by atoms with E-state index in [9.17, 15) is 14.0 Å². The molecule has 0 radical (unpaired) electrons. The van der Waals surface area contributed by atoms with Crippen molar-refractivity contribution in [2.45, 2.75) is 13.0 Å². The molecule has 2 N–H and O–H groups in total. The van der Waals surface area contributed by atoms with Crippen LogP contribution < -0.4 is 10.6 Å². The number of carbonyl (C=O) groups is 2. The van der Waals surface area contributed by atoms with Crippen molar-refractivity contribution >= 4 is 23.8 Å². The lowest BCUT2D eigenvalue weighted by molar-refractivity contribution is -0.139. The van der Waals surface area contributed by atoms with Gasteiger partial charge in [0.05, 0.1) is 18.2 Å². The first-order chi connectivity index (χ1) is 12.6. The van der Waals surface area contributed by atoms with Crippen LogP contribution in [0.25, 0.3) is 0 Å². The molecule has 8 heteroatoms. The quantitative estimate of drug-likeness (QED) is 0.767. The van der Waals surface area contributed by atoms with Crippen LogP contribution in [0.4, 0.5) is 9.18 Å². The van der Waals surface area contributed by atoms with Gasteiger partial charge in [-0.1, -0.05) is 12.1 Å². The average Bonchev–Trinajstić information content (AvgIpc) is 2.62. The van der Waals surface area contributed by atoms with Crippen LogP contribution in [0.15, 0.2) is 35.5 Å². The second-order valence-corrected chi connectivity index (χ2v) is 7.31. The molecule has 2 amide bonds. The van der Waals surface area contributed by atoms with Gasteiger partial charge in [-0.2, -0.15) is 11.8 Å². The van der Waals surface area contributed by atoms with Crippen molar-refractivity contribution in [2.24, 2.45) is 0 Å². The molecule has 1 fully saturated rings. The number of nitrogens with zero attached hydrogens (tertiary/aromatic N) is 1. The monoisotopic (exact) mass is 379 g/mol. The molecule has 140 valence electrons. The van der Waals surface area contributed by atoms with E-state index in [4.69, 9.17) is 4.74 Å². The molecule has 0 unspecified atom stereocenters. The van der Waals surface area contributed by atoms with Crippen molar-refractivity contribution in [3.05, 3.63) is 46.9 Å². The summed E-state index contributed by atoms with van der Waals surface area (Å²) in [4.78, 5) is 27.0. The molecule has 1 saturated heterocycles. The second-order valence-electron chi connectivity index (χ2n) is 6.09. The lowest BCUT2D eigenvalue weighted by atomic mass is 9.95. The fraction of sp³-hybridized carbons (Fsp3) is 0.444. The molecule has 1 atom stereocenters. The lowest BCUT2D eigenvalue weighted by Crippen LogP contribution is -2.49. The molecule has 2 heterocycles. The smallest absolute Gasteiger partial charge is 0.338 e. The Bertz CT molecular complexity index is 719. The summed E-state index contributed by atoms with van der Waals surface area (Å²) >= 11 is 1.88. The van der Waals surface area contributed by atoms with Gasteiger partial charge < -0.3 is 15.4 Å². The lowest BCUT2D eigenvalue weighted by Gasteiger charge is -2.33. The zero-order chi connectivity index (χ0) is 18.5. The van der Waals surface area contributed by atoms with Crippen LogP contribution in [0.1, 0.15) is 18.5 Å². The zero-order valence-corrected chi connectivity index (χ0v) is 15.4. The van der Waals surface area contributed by atoms with Gasteiger partial charge in [-0.3, -0.25) is 4.90 Å². The number of amides is 2. The van der Waals surface area contributed by atoms with Crippen molar-refractivity contribution in [3.8, 4) is 0 Å². The standard InChI is InChI=1S/C18H22FN3O3S/c1-2-25-17(23)15-14(11-22-6-8-26-9-7-22)20-18(24)21-16(15)12-4-3-5-13(19)10-12/h3-5,10,16H,2,6-9,11H2,1H3,(H2,20,21,24)/t16-/m1/s1. The highest BCUT2D eigenvalue weighted by atomic mass is 32.2. The summed E-state index contributed by atoms with van der Waals surface area (Å²) in [6, 6.07) is 4.75. The molecule has 26 heavy (non-hydrogen) atoms. The maximum absolute atomic E-state index is 13.7. The number of carbonyl (C=O) groups excluding carboxylic acids is 2. The number of halogens is 1. The second kappa shape index (κ2) is 8.55. The van der Waals surface area contributed by atoms with E-state index < -0.39 is 23.9 Å². The number of hydrogen-bond acceptors (Lipinski definition) is 5. The van der Waals surface area contributed by atoms with Crippen LogP contribution in [0.5, 0.6) is 0 Å². The Hall–Kier alpha value is -2.06. The molecule has 0 bridgehead atoms. The van der Waals surface area contributed by atoms with Crippen molar-refractivity contribution in [2.75, 3.05) is 37.7 Å². The van der Waals surface area contributed by atoms with E-state index in [2.05, 4.69) is 15.5 Å². The largest absolute Gasteiger partial charge is 0.463 e. The minimum absolute atomic E-state index is 0.222. The molecule has 0 aromatic heterocycles. The van der Waals surface area contributed by atoms with Crippen LogP contribution in [0.3, 0.4) is 0 Å². The summed E-state index contributed by atoms with van der Waals surface area (Å²) in [7, 11) is 0. The number of thioether (sulfide) groups is 1. The van der Waals surface area contributed by atoms with Crippen LogP contribution in [0, 0.1) is 5.82 Å².